The summed E-state index contributed by atoms with van der Waals surface area (Å²) < 4.78 is 40.6. The Morgan fingerprint density at radius 2 is 1.94 bits per heavy atom. The van der Waals surface area contributed by atoms with Crippen LogP contribution in [-0.4, -0.2) is 17.9 Å². The summed E-state index contributed by atoms with van der Waals surface area (Å²) in [5.41, 5.74) is 4.33. The Kier molecular flexibility index (Phi) is 8.10. The third-order valence-electron chi connectivity index (χ3n) is 5.58. The number of ether oxygens (including phenoxy) is 1. The van der Waals surface area contributed by atoms with Gasteiger partial charge in [0.05, 0.1) is 0 Å². The van der Waals surface area contributed by atoms with E-state index in [-0.39, 0.29) is 11.5 Å². The number of hydrogen-bond donors (Lipinski definition) is 2. The van der Waals surface area contributed by atoms with Gasteiger partial charge in [-0.25, -0.2) is 0 Å². The number of alkyl halides is 3. The maximum Gasteiger partial charge on any atom is 0.573 e. The lowest BCUT2D eigenvalue weighted by molar-refractivity contribution is -0.274. The Balaban J connectivity index is 1.69. The number of allylic oxidation sites excluding steroid dienone is 5. The van der Waals surface area contributed by atoms with Crippen LogP contribution in [0.25, 0.3) is 5.57 Å². The van der Waals surface area contributed by atoms with E-state index >= 15 is 0 Å². The molecule has 0 amide bonds. The summed E-state index contributed by atoms with van der Waals surface area (Å²) in [7, 11) is 0. The second-order valence-corrected chi connectivity index (χ2v) is 8.20. The van der Waals surface area contributed by atoms with Crippen molar-refractivity contribution >= 4 is 22.8 Å². The van der Waals surface area contributed by atoms with E-state index < -0.39 is 12.1 Å². The number of hydrogen-bond acceptors (Lipinski definition) is 4. The number of carbonyl (C=O) groups is 1. The highest BCUT2D eigenvalue weighted by molar-refractivity contribution is 6.49. The molecular formula is C27H27F3N2O2. The van der Waals surface area contributed by atoms with Crippen LogP contribution in [0.1, 0.15) is 37.3 Å². The van der Waals surface area contributed by atoms with Crippen molar-refractivity contribution in [3.05, 3.63) is 89.7 Å². The highest BCUT2D eigenvalue weighted by Crippen LogP contribution is 2.32. The normalized spacial score (nSPS) is 16.4. The van der Waals surface area contributed by atoms with E-state index in [9.17, 15) is 18.0 Å². The van der Waals surface area contributed by atoms with Crippen molar-refractivity contribution in [2.24, 2.45) is 5.92 Å². The zero-order chi connectivity index (χ0) is 24.7. The maximum atomic E-state index is 12.6. The second-order valence-electron chi connectivity index (χ2n) is 8.20. The van der Waals surface area contributed by atoms with Gasteiger partial charge in [-0.15, -0.1) is 13.2 Å². The molecule has 7 heteroatoms. The molecule has 0 saturated carbocycles. The summed E-state index contributed by atoms with van der Waals surface area (Å²) in [4.78, 5) is 12.6. The third-order valence-corrected chi connectivity index (χ3v) is 5.58. The number of aryl methyl sites for hydroxylation is 1. The summed E-state index contributed by atoms with van der Waals surface area (Å²) >= 11 is 0. The van der Waals surface area contributed by atoms with E-state index in [2.05, 4.69) is 29.1 Å². The first-order chi connectivity index (χ1) is 16.1. The van der Waals surface area contributed by atoms with Crippen molar-refractivity contribution in [1.29, 1.82) is 5.41 Å². The fourth-order valence-electron chi connectivity index (χ4n) is 3.72. The van der Waals surface area contributed by atoms with Crippen molar-refractivity contribution in [2.45, 2.75) is 39.5 Å². The number of anilines is 1. The molecule has 4 nitrogen and oxygen atoms in total. The van der Waals surface area contributed by atoms with Gasteiger partial charge in [-0.05, 0) is 72.7 Å². The maximum absolute atomic E-state index is 12.6. The van der Waals surface area contributed by atoms with E-state index in [1.54, 1.807) is 0 Å². The van der Waals surface area contributed by atoms with Gasteiger partial charge < -0.3 is 10.1 Å². The topological polar surface area (TPSA) is 62.2 Å². The minimum absolute atomic E-state index is 0.103. The van der Waals surface area contributed by atoms with E-state index in [0.29, 0.717) is 17.2 Å². The van der Waals surface area contributed by atoms with Crippen LogP contribution in [0.4, 0.5) is 18.9 Å². The quantitative estimate of drug-likeness (QED) is 0.317. The van der Waals surface area contributed by atoms with Gasteiger partial charge in [0.1, 0.15) is 11.5 Å². The molecule has 0 bridgehead atoms. The van der Waals surface area contributed by atoms with Gasteiger partial charge in [0, 0.05) is 18.0 Å². The Morgan fingerprint density at radius 3 is 2.59 bits per heavy atom. The first kappa shape index (κ1) is 25.0. The van der Waals surface area contributed by atoms with E-state index in [1.165, 1.54) is 36.5 Å². The van der Waals surface area contributed by atoms with Gasteiger partial charge in [0.25, 0.3) is 0 Å². The number of ketones is 1. The van der Waals surface area contributed by atoms with Crippen LogP contribution in [0.2, 0.25) is 0 Å². The molecule has 178 valence electrons. The first-order valence-electron chi connectivity index (χ1n) is 11.0. The summed E-state index contributed by atoms with van der Waals surface area (Å²) in [5.74, 6) is -0.360. The molecule has 0 radical (unpaired) electrons. The Bertz CT molecular complexity index is 1130. The first-order valence-corrected chi connectivity index (χ1v) is 11.0. The molecule has 1 unspecified atom stereocenters. The van der Waals surface area contributed by atoms with Crippen LogP contribution in [0.15, 0.2) is 78.5 Å². The molecule has 2 N–H and O–H groups in total. The molecule has 1 aliphatic rings. The molecule has 0 aliphatic heterocycles. The standard InChI is InChI=1S/C27H27F3N2O2/c1-3-19-7-8-21(17-22(16-19)20-6-4-5-18(2)15-20)26(31)25(33)13-14-32-23-9-11-24(12-10-23)34-27(28,29)30/h4-6,8-15,17,19,31-32H,3,7,16H2,1-2H3/b14-13-,31-26?. The van der Waals surface area contributed by atoms with Crippen molar-refractivity contribution in [3.63, 3.8) is 0 Å². The molecule has 1 aliphatic carbocycles. The minimum atomic E-state index is -4.75. The fraction of sp³-hybridized carbons (Fsp3) is 0.259. The molecule has 34 heavy (non-hydrogen) atoms. The van der Waals surface area contributed by atoms with E-state index in [0.717, 1.165) is 36.0 Å². The molecule has 2 aromatic rings. The Hall–Kier alpha value is -3.61. The van der Waals surface area contributed by atoms with Gasteiger partial charge in [0.2, 0.25) is 5.78 Å². The molecule has 3 rings (SSSR count). The third kappa shape index (κ3) is 7.20. The predicted molar refractivity (Wildman–Crippen MR) is 129 cm³/mol. The lowest BCUT2D eigenvalue weighted by Gasteiger charge is -2.14. The zero-order valence-corrected chi connectivity index (χ0v) is 19.1. The highest BCUT2D eigenvalue weighted by atomic mass is 19.4. The second kappa shape index (κ2) is 11.0. The summed E-state index contributed by atoms with van der Waals surface area (Å²) in [6.07, 6.45) is 4.43. The summed E-state index contributed by atoms with van der Waals surface area (Å²) in [6.45, 7) is 4.18. The molecule has 0 heterocycles. The molecule has 0 spiro atoms. The van der Waals surface area contributed by atoms with Crippen LogP contribution in [0, 0.1) is 18.3 Å². The molecular weight excluding hydrogens is 441 g/mol. The average molecular weight is 469 g/mol. The molecule has 1 atom stereocenters. The van der Waals surface area contributed by atoms with Crippen molar-refractivity contribution < 1.29 is 22.7 Å². The van der Waals surface area contributed by atoms with Gasteiger partial charge in [0.15, 0.2) is 0 Å². The monoisotopic (exact) mass is 468 g/mol. The smallest absolute Gasteiger partial charge is 0.406 e. The molecule has 0 saturated heterocycles. The Labute approximate surface area is 197 Å². The van der Waals surface area contributed by atoms with Crippen LogP contribution in [0.5, 0.6) is 5.75 Å². The fourth-order valence-corrected chi connectivity index (χ4v) is 3.72. The van der Waals surface area contributed by atoms with Crippen LogP contribution >= 0.6 is 0 Å². The van der Waals surface area contributed by atoms with Crippen LogP contribution < -0.4 is 10.1 Å². The minimum Gasteiger partial charge on any atom is -0.406 e. The van der Waals surface area contributed by atoms with Crippen LogP contribution in [0.3, 0.4) is 0 Å². The van der Waals surface area contributed by atoms with Crippen molar-refractivity contribution in [2.75, 3.05) is 5.32 Å². The Morgan fingerprint density at radius 1 is 1.21 bits per heavy atom. The number of nitrogens with one attached hydrogen (secondary N) is 2. The lowest BCUT2D eigenvalue weighted by Crippen LogP contribution is -2.16. The lowest BCUT2D eigenvalue weighted by atomic mass is 9.91. The van der Waals surface area contributed by atoms with Crippen molar-refractivity contribution in [1.82, 2.24) is 0 Å². The SMILES string of the molecule is CCC1CC=C(C(=N)C(=O)/C=C\Nc2ccc(OC(F)(F)F)cc2)C=C(c2cccc(C)c2)C1. The van der Waals surface area contributed by atoms with E-state index in [1.807, 2.05) is 31.2 Å². The van der Waals surface area contributed by atoms with Crippen molar-refractivity contribution in [3.8, 4) is 5.75 Å². The summed E-state index contributed by atoms with van der Waals surface area (Å²) in [5, 5.41) is 11.3. The van der Waals surface area contributed by atoms with Gasteiger partial charge in [-0.3, -0.25) is 10.2 Å². The molecule has 0 aromatic heterocycles. The summed E-state index contributed by atoms with van der Waals surface area (Å²) in [6, 6.07) is 13.4. The van der Waals surface area contributed by atoms with Gasteiger partial charge in [-0.2, -0.15) is 0 Å². The highest BCUT2D eigenvalue weighted by Gasteiger charge is 2.30. The zero-order valence-electron chi connectivity index (χ0n) is 19.1. The molecule has 2 aromatic carbocycles. The van der Waals surface area contributed by atoms with Gasteiger partial charge in [-0.1, -0.05) is 49.2 Å². The number of rotatable bonds is 8. The molecule has 0 fully saturated rings. The number of halogens is 3. The number of carbonyl (C=O) groups excluding carboxylic acids is 1. The van der Waals surface area contributed by atoms with Crippen LogP contribution in [-0.2, 0) is 4.79 Å². The average Bonchev–Trinajstić information content (AvgIpc) is 3.01. The van der Waals surface area contributed by atoms with E-state index in [4.69, 9.17) is 5.41 Å². The number of benzene rings is 2. The van der Waals surface area contributed by atoms with Gasteiger partial charge >= 0.3 is 6.36 Å². The predicted octanol–water partition coefficient (Wildman–Crippen LogP) is 7.24. The largest absolute Gasteiger partial charge is 0.573 e.